The van der Waals surface area contributed by atoms with Crippen LogP contribution in [0.1, 0.15) is 23.5 Å². The summed E-state index contributed by atoms with van der Waals surface area (Å²) in [4.78, 5) is 12.0. The molecule has 1 aliphatic carbocycles. The molecular formula is C18H20N2O2. The molecule has 0 spiro atoms. The van der Waals surface area contributed by atoms with Gasteiger partial charge in [0.05, 0.1) is 0 Å². The number of carbonyl (C=O) groups excluding carboxylic acids is 1. The topological polar surface area (TPSA) is 61.4 Å². The lowest BCUT2D eigenvalue weighted by molar-refractivity contribution is 0.251. The highest BCUT2D eigenvalue weighted by molar-refractivity contribution is 5.89. The third kappa shape index (κ3) is 3.65. The fourth-order valence-corrected chi connectivity index (χ4v) is 2.64. The van der Waals surface area contributed by atoms with Gasteiger partial charge in [0, 0.05) is 24.3 Å². The Morgan fingerprint density at radius 3 is 2.50 bits per heavy atom. The Morgan fingerprint density at radius 1 is 1.09 bits per heavy atom. The molecule has 114 valence electrons. The Hall–Kier alpha value is -2.33. The SMILES string of the molecule is O=C(Nc1ccc(CCO)cc1)NC1CC1c1ccccc1. The molecule has 2 atom stereocenters. The van der Waals surface area contributed by atoms with Crippen molar-refractivity contribution in [1.29, 1.82) is 0 Å². The lowest BCUT2D eigenvalue weighted by atomic mass is 10.1. The molecule has 2 unspecified atom stereocenters. The monoisotopic (exact) mass is 296 g/mol. The van der Waals surface area contributed by atoms with Crippen LogP contribution in [0.5, 0.6) is 0 Å². The maximum absolute atomic E-state index is 12.0. The second-order valence-electron chi connectivity index (χ2n) is 5.63. The number of hydrogen-bond donors (Lipinski definition) is 3. The minimum absolute atomic E-state index is 0.135. The third-order valence-corrected chi connectivity index (χ3v) is 3.95. The van der Waals surface area contributed by atoms with E-state index in [4.69, 9.17) is 5.11 Å². The summed E-state index contributed by atoms with van der Waals surface area (Å²) >= 11 is 0. The first-order chi connectivity index (χ1) is 10.8. The molecular weight excluding hydrogens is 276 g/mol. The second-order valence-corrected chi connectivity index (χ2v) is 5.63. The molecule has 3 rings (SSSR count). The van der Waals surface area contributed by atoms with Crippen molar-refractivity contribution >= 4 is 11.7 Å². The van der Waals surface area contributed by atoms with E-state index in [1.54, 1.807) is 0 Å². The van der Waals surface area contributed by atoms with Gasteiger partial charge in [-0.2, -0.15) is 0 Å². The maximum atomic E-state index is 12.0. The fourth-order valence-electron chi connectivity index (χ4n) is 2.64. The van der Waals surface area contributed by atoms with Crippen LogP contribution in [0, 0.1) is 0 Å². The van der Waals surface area contributed by atoms with Gasteiger partial charge in [-0.1, -0.05) is 42.5 Å². The van der Waals surface area contributed by atoms with Crippen molar-refractivity contribution in [2.75, 3.05) is 11.9 Å². The van der Waals surface area contributed by atoms with Crippen molar-refractivity contribution in [2.45, 2.75) is 24.8 Å². The summed E-state index contributed by atoms with van der Waals surface area (Å²) < 4.78 is 0. The number of benzene rings is 2. The molecule has 0 heterocycles. The highest BCUT2D eigenvalue weighted by atomic mass is 16.3. The Kier molecular flexibility index (Phi) is 4.39. The molecule has 22 heavy (non-hydrogen) atoms. The highest BCUT2D eigenvalue weighted by Crippen LogP contribution is 2.40. The van der Waals surface area contributed by atoms with Crippen molar-refractivity contribution in [3.05, 3.63) is 65.7 Å². The third-order valence-electron chi connectivity index (χ3n) is 3.95. The standard InChI is InChI=1S/C18H20N2O2/c21-11-10-13-6-8-15(9-7-13)19-18(22)20-17-12-16(17)14-4-2-1-3-5-14/h1-9,16-17,21H,10-12H2,(H2,19,20,22). The van der Waals surface area contributed by atoms with E-state index in [1.807, 2.05) is 42.5 Å². The minimum Gasteiger partial charge on any atom is -0.396 e. The predicted octanol–water partition coefficient (Wildman–Crippen LogP) is 2.90. The smallest absolute Gasteiger partial charge is 0.319 e. The number of anilines is 1. The quantitative estimate of drug-likeness (QED) is 0.794. The van der Waals surface area contributed by atoms with Crippen LogP contribution in [0.2, 0.25) is 0 Å². The van der Waals surface area contributed by atoms with E-state index in [1.165, 1.54) is 5.56 Å². The summed E-state index contributed by atoms with van der Waals surface area (Å²) in [6.07, 6.45) is 1.63. The fraction of sp³-hybridized carbons (Fsp3) is 0.278. The average molecular weight is 296 g/mol. The Labute approximate surface area is 130 Å². The first kappa shape index (κ1) is 14.6. The summed E-state index contributed by atoms with van der Waals surface area (Å²) in [5, 5.41) is 14.7. The maximum Gasteiger partial charge on any atom is 0.319 e. The van der Waals surface area contributed by atoms with Gasteiger partial charge in [0.1, 0.15) is 0 Å². The van der Waals surface area contributed by atoms with E-state index >= 15 is 0 Å². The molecule has 0 aromatic heterocycles. The van der Waals surface area contributed by atoms with E-state index in [9.17, 15) is 4.79 Å². The van der Waals surface area contributed by atoms with Crippen LogP contribution in [0.15, 0.2) is 54.6 Å². The lowest BCUT2D eigenvalue weighted by Gasteiger charge is -2.08. The average Bonchev–Trinajstić information content (AvgIpc) is 3.29. The number of nitrogens with one attached hydrogen (secondary N) is 2. The van der Waals surface area contributed by atoms with Gasteiger partial charge in [0.2, 0.25) is 0 Å². The lowest BCUT2D eigenvalue weighted by Crippen LogP contribution is -2.31. The van der Waals surface area contributed by atoms with Gasteiger partial charge in [-0.25, -0.2) is 4.79 Å². The molecule has 2 aromatic rings. The molecule has 4 nitrogen and oxygen atoms in total. The van der Waals surface area contributed by atoms with Gasteiger partial charge in [0.15, 0.2) is 0 Å². The van der Waals surface area contributed by atoms with E-state index in [-0.39, 0.29) is 18.7 Å². The van der Waals surface area contributed by atoms with Gasteiger partial charge < -0.3 is 15.7 Å². The van der Waals surface area contributed by atoms with E-state index < -0.39 is 0 Å². The number of rotatable bonds is 5. The Bertz CT molecular complexity index is 625. The second kappa shape index (κ2) is 6.62. The van der Waals surface area contributed by atoms with Crippen LogP contribution in [0.25, 0.3) is 0 Å². The van der Waals surface area contributed by atoms with Gasteiger partial charge in [-0.05, 0) is 36.1 Å². The van der Waals surface area contributed by atoms with Crippen molar-refractivity contribution < 1.29 is 9.90 Å². The number of carbonyl (C=O) groups is 1. The zero-order valence-electron chi connectivity index (χ0n) is 12.3. The summed E-state index contributed by atoms with van der Waals surface area (Å²) in [5.41, 5.74) is 3.09. The van der Waals surface area contributed by atoms with Gasteiger partial charge in [-0.15, -0.1) is 0 Å². The zero-order chi connectivity index (χ0) is 15.4. The number of aliphatic hydroxyl groups excluding tert-OH is 1. The van der Waals surface area contributed by atoms with E-state index in [0.29, 0.717) is 12.3 Å². The molecule has 0 bridgehead atoms. The molecule has 0 radical (unpaired) electrons. The molecule has 1 aliphatic rings. The first-order valence-electron chi connectivity index (χ1n) is 7.58. The summed E-state index contributed by atoms with van der Waals surface area (Å²) in [6.45, 7) is 0.135. The minimum atomic E-state index is -0.168. The Morgan fingerprint density at radius 2 is 1.82 bits per heavy atom. The van der Waals surface area contributed by atoms with Crippen LogP contribution in [0.3, 0.4) is 0 Å². The molecule has 2 amide bonds. The van der Waals surface area contributed by atoms with Crippen LogP contribution in [-0.4, -0.2) is 23.8 Å². The largest absolute Gasteiger partial charge is 0.396 e. The molecule has 0 saturated heterocycles. The normalized spacial score (nSPS) is 19.5. The molecule has 2 aromatic carbocycles. The number of aliphatic hydroxyl groups is 1. The van der Waals surface area contributed by atoms with E-state index in [0.717, 1.165) is 17.7 Å². The molecule has 1 fully saturated rings. The molecule has 0 aliphatic heterocycles. The van der Waals surface area contributed by atoms with Crippen molar-refractivity contribution in [3.8, 4) is 0 Å². The summed E-state index contributed by atoms with van der Waals surface area (Å²) in [6, 6.07) is 17.8. The number of amides is 2. The summed E-state index contributed by atoms with van der Waals surface area (Å²) in [5.74, 6) is 0.430. The van der Waals surface area contributed by atoms with Gasteiger partial charge in [0.25, 0.3) is 0 Å². The molecule has 1 saturated carbocycles. The van der Waals surface area contributed by atoms with E-state index in [2.05, 4.69) is 22.8 Å². The molecule has 4 heteroatoms. The Balaban J connectivity index is 1.49. The van der Waals surface area contributed by atoms with Gasteiger partial charge >= 0.3 is 6.03 Å². The van der Waals surface area contributed by atoms with Crippen LogP contribution >= 0.6 is 0 Å². The van der Waals surface area contributed by atoms with Crippen molar-refractivity contribution in [1.82, 2.24) is 5.32 Å². The highest BCUT2D eigenvalue weighted by Gasteiger charge is 2.39. The van der Waals surface area contributed by atoms with Gasteiger partial charge in [-0.3, -0.25) is 0 Å². The number of hydrogen-bond acceptors (Lipinski definition) is 2. The zero-order valence-corrected chi connectivity index (χ0v) is 12.3. The van der Waals surface area contributed by atoms with Crippen LogP contribution in [0.4, 0.5) is 10.5 Å². The van der Waals surface area contributed by atoms with Crippen molar-refractivity contribution in [2.24, 2.45) is 0 Å². The summed E-state index contributed by atoms with van der Waals surface area (Å²) in [7, 11) is 0. The van der Waals surface area contributed by atoms with Crippen LogP contribution in [-0.2, 0) is 6.42 Å². The van der Waals surface area contributed by atoms with Crippen molar-refractivity contribution in [3.63, 3.8) is 0 Å². The first-order valence-corrected chi connectivity index (χ1v) is 7.58. The van der Waals surface area contributed by atoms with Crippen LogP contribution < -0.4 is 10.6 Å². The number of urea groups is 1. The molecule has 3 N–H and O–H groups in total. The predicted molar refractivity (Wildman–Crippen MR) is 87.0 cm³/mol.